The number of hydrogen-bond acceptors (Lipinski definition) is 5. The number of carbonyl (C=O) groups excluding carboxylic acids is 1. The van der Waals surface area contributed by atoms with E-state index in [4.69, 9.17) is 4.74 Å². The van der Waals surface area contributed by atoms with Gasteiger partial charge in [-0.25, -0.2) is 4.68 Å². The Balaban J connectivity index is 1.52. The average molecular weight is 434 g/mol. The van der Waals surface area contributed by atoms with E-state index in [0.717, 1.165) is 49.5 Å². The van der Waals surface area contributed by atoms with Crippen LogP contribution in [0.3, 0.4) is 0 Å². The number of methoxy groups -OCH3 is 1. The lowest BCUT2D eigenvalue weighted by atomic mass is 10.1. The van der Waals surface area contributed by atoms with Crippen LogP contribution in [0.2, 0.25) is 0 Å². The molecule has 1 aliphatic rings. The van der Waals surface area contributed by atoms with E-state index in [0.29, 0.717) is 11.4 Å². The minimum Gasteiger partial charge on any atom is -0.494 e. The molecular weight excluding hydrogens is 402 g/mol. The van der Waals surface area contributed by atoms with Crippen molar-refractivity contribution < 1.29 is 9.53 Å². The second kappa shape index (κ2) is 9.97. The number of aromatic nitrogens is 2. The van der Waals surface area contributed by atoms with Gasteiger partial charge in [0.15, 0.2) is 5.69 Å². The summed E-state index contributed by atoms with van der Waals surface area (Å²) in [7, 11) is 3.78. The number of aryl methyl sites for hydroxylation is 1. The Kier molecular flexibility index (Phi) is 6.87. The van der Waals surface area contributed by atoms with Gasteiger partial charge in [0.2, 0.25) is 0 Å². The lowest BCUT2D eigenvalue weighted by Gasteiger charge is -2.35. The van der Waals surface area contributed by atoms with E-state index in [1.807, 2.05) is 43.3 Å². The number of nitrogens with one attached hydrogen (secondary N) is 1. The van der Waals surface area contributed by atoms with Crippen molar-refractivity contribution in [1.82, 2.24) is 24.9 Å². The molecule has 1 amide bonds. The predicted molar refractivity (Wildman–Crippen MR) is 125 cm³/mol. The highest BCUT2D eigenvalue weighted by molar-refractivity contribution is 5.92. The molecule has 0 radical (unpaired) electrons. The van der Waals surface area contributed by atoms with Gasteiger partial charge in [0.25, 0.3) is 5.91 Å². The monoisotopic (exact) mass is 433 g/mol. The van der Waals surface area contributed by atoms with Gasteiger partial charge in [-0.1, -0.05) is 36.4 Å². The normalized spacial score (nSPS) is 16.0. The first-order valence-electron chi connectivity index (χ1n) is 11.0. The fraction of sp³-hybridized carbons (Fsp3) is 0.360. The van der Waals surface area contributed by atoms with Crippen LogP contribution in [0, 0.1) is 6.92 Å². The maximum absolute atomic E-state index is 13.1. The summed E-state index contributed by atoms with van der Waals surface area (Å²) < 4.78 is 7.16. The van der Waals surface area contributed by atoms with Crippen molar-refractivity contribution in [2.45, 2.75) is 13.0 Å². The summed E-state index contributed by atoms with van der Waals surface area (Å²) in [6.45, 7) is 6.87. The molecule has 1 atom stereocenters. The fourth-order valence-corrected chi connectivity index (χ4v) is 4.00. The molecule has 168 valence electrons. The van der Waals surface area contributed by atoms with Gasteiger partial charge in [0.1, 0.15) is 11.4 Å². The Morgan fingerprint density at radius 1 is 1.09 bits per heavy atom. The Labute approximate surface area is 189 Å². The van der Waals surface area contributed by atoms with Crippen LogP contribution in [-0.2, 0) is 0 Å². The van der Waals surface area contributed by atoms with Crippen molar-refractivity contribution >= 4 is 5.91 Å². The predicted octanol–water partition coefficient (Wildman–Crippen LogP) is 2.91. The maximum atomic E-state index is 13.1. The van der Waals surface area contributed by atoms with E-state index in [-0.39, 0.29) is 11.9 Å². The zero-order valence-electron chi connectivity index (χ0n) is 19.0. The topological polar surface area (TPSA) is 62.6 Å². The van der Waals surface area contributed by atoms with Crippen molar-refractivity contribution in [1.29, 1.82) is 0 Å². The number of benzene rings is 2. The summed E-state index contributed by atoms with van der Waals surface area (Å²) in [5, 5.41) is 7.75. The highest BCUT2D eigenvalue weighted by Gasteiger charge is 2.23. The van der Waals surface area contributed by atoms with Crippen LogP contribution < -0.4 is 10.1 Å². The molecule has 2 aromatic carbocycles. The summed E-state index contributed by atoms with van der Waals surface area (Å²) in [6, 6.07) is 17.7. The Morgan fingerprint density at radius 2 is 1.84 bits per heavy atom. The Bertz CT molecular complexity index is 1040. The van der Waals surface area contributed by atoms with Crippen LogP contribution in [0.4, 0.5) is 0 Å². The first kappa shape index (κ1) is 22.0. The van der Waals surface area contributed by atoms with Crippen molar-refractivity contribution in [2.24, 2.45) is 0 Å². The Hall–Kier alpha value is -3.16. The molecule has 0 bridgehead atoms. The number of amides is 1. The SMILES string of the molecule is COc1ccc(C)cc1-n1ccc(C(=O)NC(CN2CCN(C)CC2)c2ccccc2)n1. The first-order valence-corrected chi connectivity index (χ1v) is 11.0. The van der Waals surface area contributed by atoms with Gasteiger partial charge in [-0.3, -0.25) is 9.69 Å². The molecule has 1 saturated heterocycles. The van der Waals surface area contributed by atoms with Crippen molar-refractivity contribution in [3.05, 3.63) is 77.6 Å². The van der Waals surface area contributed by atoms with Gasteiger partial charge in [-0.2, -0.15) is 5.10 Å². The van der Waals surface area contributed by atoms with Crippen LogP contribution in [0.5, 0.6) is 5.75 Å². The molecule has 4 rings (SSSR count). The van der Waals surface area contributed by atoms with Crippen molar-refractivity contribution in [3.8, 4) is 11.4 Å². The molecule has 1 aromatic heterocycles. The number of rotatable bonds is 7. The molecule has 3 aromatic rings. The quantitative estimate of drug-likeness (QED) is 0.621. The third-order valence-electron chi connectivity index (χ3n) is 5.95. The molecule has 1 fully saturated rings. The summed E-state index contributed by atoms with van der Waals surface area (Å²) in [6.07, 6.45) is 1.80. The summed E-state index contributed by atoms with van der Waals surface area (Å²) in [5.74, 6) is 0.529. The zero-order valence-corrected chi connectivity index (χ0v) is 19.0. The minimum absolute atomic E-state index is 0.106. The second-order valence-corrected chi connectivity index (χ2v) is 8.36. The first-order chi connectivity index (χ1) is 15.5. The highest BCUT2D eigenvalue weighted by Crippen LogP contribution is 2.24. The number of piperazine rings is 1. The number of carbonyl (C=O) groups is 1. The lowest BCUT2D eigenvalue weighted by molar-refractivity contribution is 0.0902. The van der Waals surface area contributed by atoms with Gasteiger partial charge < -0.3 is 15.0 Å². The van der Waals surface area contributed by atoms with Gasteiger partial charge in [-0.05, 0) is 43.3 Å². The van der Waals surface area contributed by atoms with Crippen LogP contribution in [0.1, 0.15) is 27.7 Å². The molecule has 7 nitrogen and oxygen atoms in total. The van der Waals surface area contributed by atoms with Crippen molar-refractivity contribution in [3.63, 3.8) is 0 Å². The maximum Gasteiger partial charge on any atom is 0.272 e. The molecule has 0 saturated carbocycles. The van der Waals surface area contributed by atoms with Crippen LogP contribution in [0.15, 0.2) is 60.8 Å². The number of ether oxygens (including phenoxy) is 1. The van der Waals surface area contributed by atoms with Gasteiger partial charge in [0, 0.05) is 38.9 Å². The zero-order chi connectivity index (χ0) is 22.5. The molecule has 0 aliphatic carbocycles. The highest BCUT2D eigenvalue weighted by atomic mass is 16.5. The lowest BCUT2D eigenvalue weighted by Crippen LogP contribution is -2.47. The Morgan fingerprint density at radius 3 is 2.56 bits per heavy atom. The summed E-state index contributed by atoms with van der Waals surface area (Å²) in [5.41, 5.74) is 3.38. The van der Waals surface area contributed by atoms with Crippen LogP contribution in [-0.4, -0.2) is 72.4 Å². The van der Waals surface area contributed by atoms with E-state index in [9.17, 15) is 4.79 Å². The van der Waals surface area contributed by atoms with E-state index < -0.39 is 0 Å². The molecule has 1 unspecified atom stereocenters. The molecule has 1 aliphatic heterocycles. The second-order valence-electron chi connectivity index (χ2n) is 8.36. The molecular formula is C25H31N5O2. The molecule has 32 heavy (non-hydrogen) atoms. The van der Waals surface area contributed by atoms with Gasteiger partial charge in [-0.15, -0.1) is 0 Å². The third kappa shape index (κ3) is 5.18. The molecule has 7 heteroatoms. The number of nitrogens with zero attached hydrogens (tertiary/aromatic N) is 4. The largest absolute Gasteiger partial charge is 0.494 e. The molecule has 2 heterocycles. The van der Waals surface area contributed by atoms with E-state index in [1.54, 1.807) is 24.1 Å². The number of hydrogen-bond donors (Lipinski definition) is 1. The van der Waals surface area contributed by atoms with Gasteiger partial charge >= 0.3 is 0 Å². The van der Waals surface area contributed by atoms with Crippen molar-refractivity contribution in [2.75, 3.05) is 46.9 Å². The van der Waals surface area contributed by atoms with Gasteiger partial charge in [0.05, 0.1) is 13.2 Å². The smallest absolute Gasteiger partial charge is 0.272 e. The average Bonchev–Trinajstić information content (AvgIpc) is 3.31. The van der Waals surface area contributed by atoms with E-state index >= 15 is 0 Å². The van der Waals surface area contributed by atoms with Crippen LogP contribution >= 0.6 is 0 Å². The summed E-state index contributed by atoms with van der Waals surface area (Å²) >= 11 is 0. The molecule has 1 N–H and O–H groups in total. The third-order valence-corrected chi connectivity index (χ3v) is 5.95. The van der Waals surface area contributed by atoms with E-state index in [2.05, 4.69) is 39.4 Å². The number of likely N-dealkylation sites (N-methyl/N-ethyl adjacent to an activating group) is 1. The minimum atomic E-state index is -0.182. The molecule has 0 spiro atoms. The standard InChI is InChI=1S/C25H31N5O2/c1-19-9-10-24(32-3)23(17-19)30-12-11-21(27-30)25(31)26-22(20-7-5-4-6-8-20)18-29-15-13-28(2)14-16-29/h4-12,17,22H,13-16,18H2,1-3H3,(H,26,31). The fourth-order valence-electron chi connectivity index (χ4n) is 4.00. The van der Waals surface area contributed by atoms with E-state index in [1.165, 1.54) is 0 Å². The van der Waals surface area contributed by atoms with Crippen LogP contribution in [0.25, 0.3) is 5.69 Å². The summed E-state index contributed by atoms with van der Waals surface area (Å²) in [4.78, 5) is 17.9.